The molecular weight excluding hydrogens is 655 g/mol. The van der Waals surface area contributed by atoms with Crippen LogP contribution in [0.1, 0.15) is 33.3 Å². The van der Waals surface area contributed by atoms with Crippen LogP contribution in [0.4, 0.5) is 25.0 Å². The lowest BCUT2D eigenvalue weighted by Crippen LogP contribution is -2.26. The molecule has 0 saturated heterocycles. The van der Waals surface area contributed by atoms with Crippen molar-refractivity contribution >= 4 is 58.3 Å². The minimum absolute atomic E-state index is 0.0758. The Labute approximate surface area is 268 Å². The number of nitro groups is 1. The fourth-order valence-electron chi connectivity index (χ4n) is 3.54. The van der Waals surface area contributed by atoms with Crippen LogP contribution in [0.5, 0.6) is 11.5 Å². The third-order valence-corrected chi connectivity index (χ3v) is 6.05. The van der Waals surface area contributed by atoms with Crippen LogP contribution >= 0.6 is 23.2 Å². The maximum atomic E-state index is 13.0. The zero-order valence-corrected chi connectivity index (χ0v) is 25.1. The summed E-state index contributed by atoms with van der Waals surface area (Å²) in [5, 5.41) is 26.6. The number of methoxy groups -OCH3 is 1. The van der Waals surface area contributed by atoms with Gasteiger partial charge < -0.3 is 19.9 Å². The smallest absolute Gasteiger partial charge is 0.345 e. The number of ether oxygens (including phenoxy) is 2. The number of halogens is 4. The molecule has 17 heteroatoms. The van der Waals surface area contributed by atoms with Crippen LogP contribution in [0.15, 0.2) is 78.0 Å². The molecule has 4 aromatic rings. The number of hydrogen-bond donors (Lipinski definition) is 3. The molecule has 0 unspecified atom stereocenters. The first-order valence-corrected chi connectivity index (χ1v) is 13.3. The van der Waals surface area contributed by atoms with Gasteiger partial charge in [-0.05, 0) is 55.5 Å². The van der Waals surface area contributed by atoms with Crippen molar-refractivity contribution in [2.45, 2.75) is 6.92 Å². The van der Waals surface area contributed by atoms with E-state index >= 15 is 0 Å². The molecule has 3 aromatic carbocycles. The zero-order chi connectivity index (χ0) is 34.0. The summed E-state index contributed by atoms with van der Waals surface area (Å²) in [5.41, 5.74) is 1.57. The first-order chi connectivity index (χ1) is 21.8. The monoisotopic (exact) mass is 675 g/mol. The van der Waals surface area contributed by atoms with Gasteiger partial charge in [0, 0.05) is 35.1 Å². The van der Waals surface area contributed by atoms with Crippen molar-refractivity contribution in [2.75, 3.05) is 12.4 Å². The summed E-state index contributed by atoms with van der Waals surface area (Å²) >= 11 is 11.8. The number of amides is 2. The van der Waals surface area contributed by atoms with Crippen LogP contribution in [0.3, 0.4) is 0 Å². The molecule has 2 amide bonds. The number of carboxylic acid groups (broad SMARTS) is 1. The van der Waals surface area contributed by atoms with Gasteiger partial charge in [-0.1, -0.05) is 23.2 Å². The van der Waals surface area contributed by atoms with Gasteiger partial charge in [-0.2, -0.15) is 5.10 Å². The fraction of sp³-hybridized carbons (Fsp3) is 0.0690. The summed E-state index contributed by atoms with van der Waals surface area (Å²) in [6.07, 6.45) is 1.39. The highest BCUT2D eigenvalue weighted by molar-refractivity contribution is 6.35. The molecule has 46 heavy (non-hydrogen) atoms. The van der Waals surface area contributed by atoms with Crippen LogP contribution in [0.25, 0.3) is 0 Å². The second-order valence-corrected chi connectivity index (χ2v) is 9.57. The molecule has 0 aliphatic carbocycles. The standard InChI is InChI=1S/C15H12F2N4O3.C14H9Cl2NO5/c1-8(13-12(14(22)23)3-2-4-18-13)20-21-15(24)19-11-6-9(16)5-10(17)7-11;1-21-14(18)10-7-9(3-4-12(10)17(19)20)22-13-5-2-8(15)6-11(13)16/h2-7H,1H3,(H,22,23)(H2,19,21,24);2-7H,1H3/b20-8+;. The predicted octanol–water partition coefficient (Wildman–Crippen LogP) is 7.08. The molecule has 238 valence electrons. The molecule has 0 saturated carbocycles. The van der Waals surface area contributed by atoms with Crippen LogP contribution in [-0.2, 0) is 4.74 Å². The predicted molar refractivity (Wildman–Crippen MR) is 163 cm³/mol. The average molecular weight is 676 g/mol. The Bertz CT molecular complexity index is 1820. The number of rotatable bonds is 8. The number of aromatic nitrogens is 1. The number of nitro benzene ring substituents is 1. The molecule has 0 aliphatic rings. The van der Waals surface area contributed by atoms with Gasteiger partial charge in [-0.15, -0.1) is 0 Å². The maximum Gasteiger partial charge on any atom is 0.345 e. The topological polar surface area (TPSA) is 182 Å². The van der Waals surface area contributed by atoms with E-state index in [1.165, 1.54) is 43.5 Å². The summed E-state index contributed by atoms with van der Waals surface area (Å²) in [4.78, 5) is 48.6. The fourth-order valence-corrected chi connectivity index (χ4v) is 3.98. The van der Waals surface area contributed by atoms with E-state index in [0.29, 0.717) is 16.8 Å². The molecular formula is C29H21Cl2F2N5O8. The Kier molecular flexibility index (Phi) is 12.0. The summed E-state index contributed by atoms with van der Waals surface area (Å²) in [6, 6.07) is 12.8. The number of pyridine rings is 1. The SMILES string of the molecule is C/C(=N\NC(=O)Nc1cc(F)cc(F)c1)c1ncccc1C(=O)O.COC(=O)c1cc(Oc2ccc(Cl)cc2Cl)ccc1[N+](=O)[O-]. The largest absolute Gasteiger partial charge is 0.478 e. The van der Waals surface area contributed by atoms with Crippen molar-refractivity contribution in [1.29, 1.82) is 0 Å². The summed E-state index contributed by atoms with van der Waals surface area (Å²) in [6.45, 7) is 1.46. The van der Waals surface area contributed by atoms with E-state index < -0.39 is 34.5 Å². The maximum absolute atomic E-state index is 13.0. The lowest BCUT2D eigenvalue weighted by molar-refractivity contribution is -0.385. The molecule has 0 bridgehead atoms. The highest BCUT2D eigenvalue weighted by Crippen LogP contribution is 2.33. The van der Waals surface area contributed by atoms with E-state index in [0.717, 1.165) is 25.3 Å². The number of esters is 1. The Morgan fingerprint density at radius 1 is 1.00 bits per heavy atom. The van der Waals surface area contributed by atoms with Gasteiger partial charge in [-0.3, -0.25) is 15.1 Å². The van der Waals surface area contributed by atoms with E-state index in [1.807, 2.05) is 0 Å². The lowest BCUT2D eigenvalue weighted by Gasteiger charge is -2.09. The van der Waals surface area contributed by atoms with E-state index in [2.05, 4.69) is 25.6 Å². The first-order valence-electron chi connectivity index (χ1n) is 12.5. The van der Waals surface area contributed by atoms with Crippen molar-refractivity contribution in [3.05, 3.63) is 122 Å². The number of carbonyl (C=O) groups is 3. The summed E-state index contributed by atoms with van der Waals surface area (Å²) in [7, 11) is 1.13. The van der Waals surface area contributed by atoms with E-state index in [1.54, 1.807) is 12.1 Å². The number of carbonyl (C=O) groups excluding carboxylic acids is 2. The van der Waals surface area contributed by atoms with Gasteiger partial charge in [0.25, 0.3) is 5.69 Å². The van der Waals surface area contributed by atoms with Gasteiger partial charge in [0.1, 0.15) is 34.4 Å². The van der Waals surface area contributed by atoms with Crippen molar-refractivity contribution in [2.24, 2.45) is 5.10 Å². The van der Waals surface area contributed by atoms with Crippen LogP contribution in [0, 0.1) is 21.7 Å². The Morgan fingerprint density at radius 2 is 1.70 bits per heavy atom. The van der Waals surface area contributed by atoms with Gasteiger partial charge >= 0.3 is 18.0 Å². The second kappa shape index (κ2) is 15.9. The summed E-state index contributed by atoms with van der Waals surface area (Å²) < 4.78 is 36.1. The molecule has 4 rings (SSSR count). The Morgan fingerprint density at radius 3 is 2.30 bits per heavy atom. The Balaban J connectivity index is 0.000000251. The zero-order valence-electron chi connectivity index (χ0n) is 23.6. The molecule has 0 atom stereocenters. The second-order valence-electron chi connectivity index (χ2n) is 8.73. The Hall–Kier alpha value is -5.67. The van der Waals surface area contributed by atoms with E-state index in [-0.39, 0.29) is 44.7 Å². The number of anilines is 1. The molecule has 0 radical (unpaired) electrons. The van der Waals surface area contributed by atoms with Crippen molar-refractivity contribution in [1.82, 2.24) is 10.4 Å². The van der Waals surface area contributed by atoms with Crippen LogP contribution < -0.4 is 15.5 Å². The molecule has 3 N–H and O–H groups in total. The quantitative estimate of drug-likeness (QED) is 0.0760. The molecule has 0 aliphatic heterocycles. The lowest BCUT2D eigenvalue weighted by atomic mass is 10.1. The minimum atomic E-state index is -1.19. The van der Waals surface area contributed by atoms with E-state index in [9.17, 15) is 33.3 Å². The number of aromatic carboxylic acids is 1. The third-order valence-electron chi connectivity index (χ3n) is 5.52. The number of urea groups is 1. The number of hydrogen-bond acceptors (Lipinski definition) is 9. The summed E-state index contributed by atoms with van der Waals surface area (Å²) in [5.74, 6) is -3.20. The molecule has 1 heterocycles. The number of hydrazone groups is 1. The van der Waals surface area contributed by atoms with Gasteiger partial charge in [0.2, 0.25) is 0 Å². The van der Waals surface area contributed by atoms with Gasteiger partial charge in [0.15, 0.2) is 0 Å². The van der Waals surface area contributed by atoms with Crippen LogP contribution in [-0.4, -0.2) is 45.8 Å². The highest BCUT2D eigenvalue weighted by atomic mass is 35.5. The van der Waals surface area contributed by atoms with E-state index in [4.69, 9.17) is 33.0 Å². The first kappa shape index (κ1) is 34.8. The molecule has 0 spiro atoms. The van der Waals surface area contributed by atoms with Gasteiger partial charge in [-0.25, -0.2) is 28.6 Å². The van der Waals surface area contributed by atoms with Gasteiger partial charge in [0.05, 0.1) is 28.3 Å². The average Bonchev–Trinajstić information content (AvgIpc) is 3.00. The number of nitrogens with zero attached hydrogens (tertiary/aromatic N) is 3. The normalized spacial score (nSPS) is 10.6. The van der Waals surface area contributed by atoms with Crippen molar-refractivity contribution in [3.63, 3.8) is 0 Å². The molecule has 1 aromatic heterocycles. The third kappa shape index (κ3) is 9.67. The molecule has 0 fully saturated rings. The minimum Gasteiger partial charge on any atom is -0.478 e. The number of nitrogens with one attached hydrogen (secondary N) is 2. The van der Waals surface area contributed by atoms with Crippen LogP contribution in [0.2, 0.25) is 10.0 Å². The molecule has 13 nitrogen and oxygen atoms in total. The van der Waals surface area contributed by atoms with Crippen molar-refractivity contribution in [3.8, 4) is 11.5 Å². The number of carboxylic acids is 1. The number of benzene rings is 3. The highest BCUT2D eigenvalue weighted by Gasteiger charge is 2.22. The van der Waals surface area contributed by atoms with Crippen molar-refractivity contribution < 1.29 is 42.7 Å².